The van der Waals surface area contributed by atoms with Gasteiger partial charge >= 0.3 is 0 Å². The van der Waals surface area contributed by atoms with Gasteiger partial charge in [-0.1, -0.05) is 51.1 Å². The molecule has 3 heterocycles. The molecular formula is C31H34N4O6S. The molecule has 11 heteroatoms. The molecule has 3 aromatic rings. The van der Waals surface area contributed by atoms with E-state index in [-0.39, 0.29) is 47.9 Å². The number of aromatic nitrogens is 1. The minimum atomic E-state index is -4.05. The van der Waals surface area contributed by atoms with Gasteiger partial charge in [0.05, 0.1) is 12.6 Å². The van der Waals surface area contributed by atoms with Crippen LogP contribution in [0.2, 0.25) is 0 Å². The number of Topliss-reactive ketones (excluding diaryl/α,β-unsaturated/α-hetero) is 1. The first-order chi connectivity index (χ1) is 19.9. The van der Waals surface area contributed by atoms with Gasteiger partial charge in [0.1, 0.15) is 17.8 Å². The lowest BCUT2D eigenvalue weighted by molar-refractivity contribution is -0.138. The van der Waals surface area contributed by atoms with Crippen molar-refractivity contribution in [2.24, 2.45) is 0 Å². The van der Waals surface area contributed by atoms with Crippen molar-refractivity contribution in [1.82, 2.24) is 19.5 Å². The van der Waals surface area contributed by atoms with Crippen molar-refractivity contribution in [2.45, 2.75) is 62.2 Å². The van der Waals surface area contributed by atoms with E-state index in [1.165, 1.54) is 29.3 Å². The Labute approximate surface area is 245 Å². The topological polar surface area (TPSA) is 137 Å². The highest BCUT2D eigenvalue weighted by molar-refractivity contribution is 7.89. The molecule has 0 spiro atoms. The molecule has 2 fully saturated rings. The molecule has 0 saturated carbocycles. The number of carbonyl (C=O) groups is 3. The maximum absolute atomic E-state index is 14.0. The Hall–Kier alpha value is -4.09. The minimum absolute atomic E-state index is 0.0189. The van der Waals surface area contributed by atoms with Gasteiger partial charge in [-0.25, -0.2) is 13.4 Å². The van der Waals surface area contributed by atoms with Crippen LogP contribution in [0.5, 0.6) is 5.75 Å². The van der Waals surface area contributed by atoms with Gasteiger partial charge in [-0.2, -0.15) is 4.31 Å². The highest BCUT2D eigenvalue weighted by Gasteiger charge is 2.54. The molecule has 3 atom stereocenters. The fourth-order valence-corrected chi connectivity index (χ4v) is 7.20. The summed E-state index contributed by atoms with van der Waals surface area (Å²) < 4.78 is 27.8. The second kappa shape index (κ2) is 11.3. The van der Waals surface area contributed by atoms with E-state index >= 15 is 0 Å². The molecule has 10 nitrogen and oxygen atoms in total. The molecule has 2 aliphatic rings. The quantitative estimate of drug-likeness (QED) is 0.432. The van der Waals surface area contributed by atoms with Crippen LogP contribution < -0.4 is 5.32 Å². The summed E-state index contributed by atoms with van der Waals surface area (Å²) in [5.41, 5.74) is 1.95. The third kappa shape index (κ3) is 5.79. The molecule has 1 aromatic heterocycles. The van der Waals surface area contributed by atoms with E-state index in [1.807, 2.05) is 12.1 Å². The number of sulfonamides is 1. The third-order valence-corrected chi connectivity index (χ3v) is 9.63. The Morgan fingerprint density at radius 2 is 1.81 bits per heavy atom. The van der Waals surface area contributed by atoms with Gasteiger partial charge in [0.2, 0.25) is 5.91 Å². The normalized spacial score (nSPS) is 19.9. The molecule has 42 heavy (non-hydrogen) atoms. The summed E-state index contributed by atoms with van der Waals surface area (Å²) in [5.74, 6) is -1.31. The monoisotopic (exact) mass is 590 g/mol. The number of hydrogen-bond acceptors (Lipinski definition) is 7. The summed E-state index contributed by atoms with van der Waals surface area (Å²) in [6.45, 7) is 6.01. The van der Waals surface area contributed by atoms with Gasteiger partial charge in [-0.3, -0.25) is 14.4 Å². The average molecular weight is 591 g/mol. The Morgan fingerprint density at radius 3 is 2.45 bits per heavy atom. The maximum atomic E-state index is 14.0. The maximum Gasteiger partial charge on any atom is 0.261 e. The molecule has 0 bridgehead atoms. The van der Waals surface area contributed by atoms with Crippen molar-refractivity contribution >= 4 is 27.6 Å². The van der Waals surface area contributed by atoms with Crippen molar-refractivity contribution in [3.8, 4) is 5.75 Å². The lowest BCUT2D eigenvalue weighted by Gasteiger charge is -2.28. The SMILES string of the molecule is CC(C)(C)c1ccc(C(=O)NC(Cc2cccc(O)c2)C(=O)N2CCC3C2C(=O)CN3S(=O)(=O)c2ccccn2)cc1. The predicted octanol–water partition coefficient (Wildman–Crippen LogP) is 2.67. The van der Waals surface area contributed by atoms with Crippen LogP contribution in [-0.2, 0) is 31.4 Å². The Balaban J connectivity index is 1.40. The number of likely N-dealkylation sites (tertiary alicyclic amines) is 1. The Kier molecular flexibility index (Phi) is 7.91. The molecule has 3 unspecified atom stereocenters. The Morgan fingerprint density at radius 1 is 1.07 bits per heavy atom. The summed E-state index contributed by atoms with van der Waals surface area (Å²) >= 11 is 0. The number of pyridine rings is 1. The number of hydrogen-bond donors (Lipinski definition) is 2. The van der Waals surface area contributed by atoms with Crippen LogP contribution in [-0.4, -0.2) is 76.5 Å². The second-order valence-electron chi connectivity index (χ2n) is 11.7. The summed E-state index contributed by atoms with van der Waals surface area (Å²) in [5, 5.41) is 12.7. The molecule has 0 radical (unpaired) electrons. The summed E-state index contributed by atoms with van der Waals surface area (Å²) in [4.78, 5) is 45.9. The van der Waals surface area contributed by atoms with Crippen molar-refractivity contribution in [2.75, 3.05) is 13.1 Å². The molecular weight excluding hydrogens is 556 g/mol. The molecule has 2 aliphatic heterocycles. The van der Waals surface area contributed by atoms with Crippen LogP contribution in [0.4, 0.5) is 0 Å². The van der Waals surface area contributed by atoms with Crippen LogP contribution in [0.3, 0.4) is 0 Å². The lowest BCUT2D eigenvalue weighted by Crippen LogP contribution is -2.53. The van der Waals surface area contributed by atoms with Crippen LogP contribution >= 0.6 is 0 Å². The largest absolute Gasteiger partial charge is 0.508 e. The highest BCUT2D eigenvalue weighted by atomic mass is 32.2. The molecule has 2 amide bonds. The lowest BCUT2D eigenvalue weighted by atomic mass is 9.86. The van der Waals surface area contributed by atoms with Gasteiger partial charge in [0.15, 0.2) is 10.8 Å². The number of phenolic OH excluding ortho intramolecular Hbond substituents is 1. The first-order valence-electron chi connectivity index (χ1n) is 13.8. The van der Waals surface area contributed by atoms with Gasteiger partial charge in [-0.15, -0.1) is 0 Å². The number of fused-ring (bicyclic) bond motifs is 1. The van der Waals surface area contributed by atoms with E-state index in [4.69, 9.17) is 0 Å². The fourth-order valence-electron chi connectivity index (χ4n) is 5.64. The smallest absolute Gasteiger partial charge is 0.261 e. The van der Waals surface area contributed by atoms with E-state index in [0.717, 1.165) is 9.87 Å². The number of nitrogens with zero attached hydrogens (tertiary/aromatic N) is 3. The minimum Gasteiger partial charge on any atom is -0.508 e. The molecule has 2 N–H and O–H groups in total. The molecule has 0 aliphatic carbocycles. The number of amides is 2. The number of carbonyl (C=O) groups excluding carboxylic acids is 3. The van der Waals surface area contributed by atoms with Crippen molar-refractivity contribution < 1.29 is 27.9 Å². The zero-order valence-electron chi connectivity index (χ0n) is 23.7. The highest BCUT2D eigenvalue weighted by Crippen LogP contribution is 2.34. The summed E-state index contributed by atoms with van der Waals surface area (Å²) in [6.07, 6.45) is 1.71. The molecule has 2 saturated heterocycles. The van der Waals surface area contributed by atoms with Crippen LogP contribution in [0.15, 0.2) is 78.0 Å². The zero-order chi connectivity index (χ0) is 30.2. The van der Waals surface area contributed by atoms with Gasteiger partial charge in [0.25, 0.3) is 15.9 Å². The first kappa shape index (κ1) is 29.4. The number of rotatable bonds is 7. The average Bonchev–Trinajstić information content (AvgIpc) is 3.54. The third-order valence-electron chi connectivity index (χ3n) is 7.84. The summed E-state index contributed by atoms with van der Waals surface area (Å²) in [6, 6.07) is 15.4. The van der Waals surface area contributed by atoms with Crippen LogP contribution in [0.1, 0.15) is 48.7 Å². The predicted molar refractivity (Wildman–Crippen MR) is 155 cm³/mol. The van der Waals surface area contributed by atoms with Crippen LogP contribution in [0, 0.1) is 0 Å². The fraction of sp³-hybridized carbons (Fsp3) is 0.355. The second-order valence-corrected chi connectivity index (χ2v) is 13.6. The number of nitrogens with one attached hydrogen (secondary N) is 1. The molecule has 5 rings (SSSR count). The van der Waals surface area contributed by atoms with E-state index in [1.54, 1.807) is 36.4 Å². The van der Waals surface area contributed by atoms with Crippen LogP contribution in [0.25, 0.3) is 0 Å². The summed E-state index contributed by atoms with van der Waals surface area (Å²) in [7, 11) is -4.05. The zero-order valence-corrected chi connectivity index (χ0v) is 24.5. The van der Waals surface area contributed by atoms with Crippen molar-refractivity contribution in [3.05, 3.63) is 89.6 Å². The number of benzene rings is 2. The van der Waals surface area contributed by atoms with Gasteiger partial charge in [-0.05, 0) is 59.4 Å². The first-order valence-corrected chi connectivity index (χ1v) is 15.3. The molecule has 2 aromatic carbocycles. The van der Waals surface area contributed by atoms with Crippen molar-refractivity contribution in [3.63, 3.8) is 0 Å². The Bertz CT molecular complexity index is 1600. The standard InChI is InChI=1S/C31H34N4O6S/c1-31(2,3)22-12-10-21(11-13-22)29(38)33-24(18-20-7-6-8-23(36)17-20)30(39)34-16-14-25-28(34)26(37)19-35(25)42(40,41)27-9-4-5-15-32-27/h4-13,15,17,24-25,28,36H,14,16,18-19H2,1-3H3,(H,33,38). The molecule has 220 valence electrons. The number of aromatic hydroxyl groups is 1. The van der Waals surface area contributed by atoms with E-state index in [2.05, 4.69) is 31.1 Å². The van der Waals surface area contributed by atoms with Gasteiger partial charge in [0, 0.05) is 24.7 Å². The van der Waals surface area contributed by atoms with Crippen molar-refractivity contribution in [1.29, 1.82) is 0 Å². The number of phenols is 1. The van der Waals surface area contributed by atoms with E-state index in [0.29, 0.717) is 11.1 Å². The number of ketones is 1. The van der Waals surface area contributed by atoms with Gasteiger partial charge < -0.3 is 15.3 Å². The van der Waals surface area contributed by atoms with E-state index < -0.39 is 40.0 Å². The van der Waals surface area contributed by atoms with E-state index in [9.17, 15) is 27.9 Å².